The Bertz CT molecular complexity index is 1020. The quantitative estimate of drug-likeness (QED) is 0.436. The number of amides is 2. The van der Waals surface area contributed by atoms with Gasteiger partial charge in [0.15, 0.2) is 0 Å². The molecule has 0 unspecified atom stereocenters. The molecule has 33 heavy (non-hydrogen) atoms. The van der Waals surface area contributed by atoms with Crippen molar-refractivity contribution in [3.05, 3.63) is 59.7 Å². The molecule has 1 radical (unpaired) electrons. The monoisotopic (exact) mass is 459 g/mol. The molecule has 1 aliphatic rings. The van der Waals surface area contributed by atoms with Gasteiger partial charge in [-0.1, -0.05) is 30.3 Å². The van der Waals surface area contributed by atoms with Crippen molar-refractivity contribution < 1.29 is 27.5 Å². The summed E-state index contributed by atoms with van der Waals surface area (Å²) >= 11 is 0. The van der Waals surface area contributed by atoms with E-state index in [0.717, 1.165) is 13.0 Å². The van der Waals surface area contributed by atoms with Crippen LogP contribution < -0.4 is 10.1 Å². The fraction of sp³-hybridized carbons (Fsp3) is 0.360. The minimum atomic E-state index is -4.63. The van der Waals surface area contributed by atoms with Crippen molar-refractivity contribution in [3.8, 4) is 16.9 Å². The van der Waals surface area contributed by atoms with Crippen LogP contribution in [0, 0.1) is 6.07 Å². The van der Waals surface area contributed by atoms with Crippen LogP contribution >= 0.6 is 0 Å². The third kappa shape index (κ3) is 6.37. The van der Waals surface area contributed by atoms with Crippen LogP contribution in [-0.4, -0.2) is 43.0 Å². The second-order valence-corrected chi connectivity index (χ2v) is 7.57. The zero-order valence-electron chi connectivity index (χ0n) is 18.4. The summed E-state index contributed by atoms with van der Waals surface area (Å²) in [5, 5.41) is 2.71. The summed E-state index contributed by atoms with van der Waals surface area (Å²) in [7, 11) is 0. The van der Waals surface area contributed by atoms with Crippen molar-refractivity contribution in [1.82, 2.24) is 10.2 Å². The Hall–Kier alpha value is -3.29. The first kappa shape index (κ1) is 24.4. The molecule has 2 aromatic rings. The molecule has 0 spiro atoms. The Morgan fingerprint density at radius 3 is 2.76 bits per heavy atom. The van der Waals surface area contributed by atoms with E-state index in [1.165, 1.54) is 24.3 Å². The number of hydrogen-bond donors (Lipinski definition) is 1. The van der Waals surface area contributed by atoms with Gasteiger partial charge in [0.05, 0.1) is 12.2 Å². The fourth-order valence-electron chi connectivity index (χ4n) is 3.77. The summed E-state index contributed by atoms with van der Waals surface area (Å²) in [6.45, 7) is 3.73. The van der Waals surface area contributed by atoms with E-state index in [-0.39, 0.29) is 22.6 Å². The Balaban J connectivity index is 1.78. The van der Waals surface area contributed by atoms with E-state index in [9.17, 15) is 22.8 Å². The van der Waals surface area contributed by atoms with Crippen molar-refractivity contribution in [2.75, 3.05) is 26.2 Å². The van der Waals surface area contributed by atoms with E-state index in [1.807, 2.05) is 0 Å². The third-order valence-corrected chi connectivity index (χ3v) is 5.26. The molecule has 3 rings (SSSR count). The van der Waals surface area contributed by atoms with E-state index >= 15 is 0 Å². The Morgan fingerprint density at radius 2 is 2.06 bits per heavy atom. The zero-order valence-corrected chi connectivity index (χ0v) is 18.4. The fourth-order valence-corrected chi connectivity index (χ4v) is 3.77. The number of benzene rings is 2. The highest BCUT2D eigenvalue weighted by molar-refractivity contribution is 5.94. The number of alkyl halides is 3. The Morgan fingerprint density at radius 1 is 1.27 bits per heavy atom. The van der Waals surface area contributed by atoms with Crippen LogP contribution in [0.4, 0.5) is 13.2 Å². The number of carbonyl (C=O) groups is 2. The normalized spacial score (nSPS) is 14.2. The molecule has 1 N–H and O–H groups in total. The smallest absolute Gasteiger partial charge is 0.417 e. The summed E-state index contributed by atoms with van der Waals surface area (Å²) in [4.78, 5) is 25.6. The van der Waals surface area contributed by atoms with Crippen LogP contribution in [0.25, 0.3) is 17.2 Å². The molecule has 5 nitrogen and oxygen atoms in total. The number of para-hydroxylation sites is 1. The predicted octanol–water partition coefficient (Wildman–Crippen LogP) is 4.71. The number of halogens is 3. The molecule has 1 saturated heterocycles. The molecule has 0 bridgehead atoms. The van der Waals surface area contributed by atoms with Gasteiger partial charge in [-0.05, 0) is 43.5 Å². The maximum Gasteiger partial charge on any atom is 0.417 e. The van der Waals surface area contributed by atoms with Crippen molar-refractivity contribution in [2.45, 2.75) is 32.4 Å². The summed E-state index contributed by atoms with van der Waals surface area (Å²) in [5.41, 5.74) is -0.511. The second-order valence-electron chi connectivity index (χ2n) is 7.57. The maximum atomic E-state index is 13.8. The summed E-state index contributed by atoms with van der Waals surface area (Å²) < 4.78 is 46.9. The van der Waals surface area contributed by atoms with E-state index in [0.29, 0.717) is 38.3 Å². The third-order valence-electron chi connectivity index (χ3n) is 5.26. The van der Waals surface area contributed by atoms with Gasteiger partial charge in [-0.3, -0.25) is 9.59 Å². The van der Waals surface area contributed by atoms with Crippen molar-refractivity contribution in [3.63, 3.8) is 0 Å². The van der Waals surface area contributed by atoms with Crippen LogP contribution in [0.1, 0.15) is 37.3 Å². The Labute approximate surface area is 191 Å². The molecule has 0 atom stereocenters. The molecular formula is C25H26F3N2O3. The summed E-state index contributed by atoms with van der Waals surface area (Å²) in [6, 6.07) is 11.5. The van der Waals surface area contributed by atoms with Gasteiger partial charge in [-0.15, -0.1) is 0 Å². The van der Waals surface area contributed by atoms with Crippen LogP contribution in [-0.2, 0) is 15.8 Å². The zero-order chi connectivity index (χ0) is 23.8. The number of nitrogens with one attached hydrogen (secondary N) is 1. The molecule has 1 aliphatic heterocycles. The lowest BCUT2D eigenvalue weighted by Gasteiger charge is -2.18. The average Bonchev–Trinajstić information content (AvgIpc) is 3.19. The highest BCUT2D eigenvalue weighted by atomic mass is 19.4. The van der Waals surface area contributed by atoms with Gasteiger partial charge in [0.1, 0.15) is 5.75 Å². The van der Waals surface area contributed by atoms with Gasteiger partial charge in [-0.2, -0.15) is 13.2 Å². The second kappa shape index (κ2) is 11.0. The first-order chi connectivity index (χ1) is 15.8. The van der Waals surface area contributed by atoms with Gasteiger partial charge in [-0.25, -0.2) is 0 Å². The minimum Gasteiger partial charge on any atom is -0.493 e. The largest absolute Gasteiger partial charge is 0.493 e. The van der Waals surface area contributed by atoms with E-state index in [1.54, 1.807) is 36.1 Å². The Kier molecular flexibility index (Phi) is 8.14. The van der Waals surface area contributed by atoms with Gasteiger partial charge in [0, 0.05) is 43.3 Å². The lowest BCUT2D eigenvalue weighted by atomic mass is 9.93. The van der Waals surface area contributed by atoms with E-state index < -0.39 is 17.6 Å². The highest BCUT2D eigenvalue weighted by Gasteiger charge is 2.35. The molecule has 2 amide bonds. The van der Waals surface area contributed by atoms with Crippen LogP contribution in [0.2, 0.25) is 0 Å². The lowest BCUT2D eigenvalue weighted by molar-refractivity contribution is -0.137. The first-order valence-corrected chi connectivity index (χ1v) is 10.9. The van der Waals surface area contributed by atoms with E-state index in [4.69, 9.17) is 4.74 Å². The number of likely N-dealkylation sites (tertiary alicyclic amines) is 1. The van der Waals surface area contributed by atoms with Crippen LogP contribution in [0.15, 0.2) is 42.5 Å². The number of hydrogen-bond acceptors (Lipinski definition) is 3. The molecule has 0 aromatic heterocycles. The SMILES string of the molecule is CCOc1ccccc1-c1c(C(F)(F)F)[c]ccc1/C=C/C(=O)NCCCN1CCCC1=O. The van der Waals surface area contributed by atoms with Crippen LogP contribution in [0.5, 0.6) is 5.75 Å². The maximum absolute atomic E-state index is 13.8. The number of rotatable bonds is 9. The van der Waals surface area contributed by atoms with Gasteiger partial charge in [0.25, 0.3) is 0 Å². The number of ether oxygens (including phenoxy) is 1. The van der Waals surface area contributed by atoms with Crippen molar-refractivity contribution in [1.29, 1.82) is 0 Å². The molecule has 0 saturated carbocycles. The van der Waals surface area contributed by atoms with Gasteiger partial charge < -0.3 is 15.0 Å². The highest BCUT2D eigenvalue weighted by Crippen LogP contribution is 2.42. The molecular weight excluding hydrogens is 433 g/mol. The number of carbonyl (C=O) groups excluding carboxylic acids is 2. The molecule has 1 fully saturated rings. The molecule has 2 aromatic carbocycles. The summed E-state index contributed by atoms with van der Waals surface area (Å²) in [6.07, 6.45) is -0.0241. The van der Waals surface area contributed by atoms with Crippen LogP contribution in [0.3, 0.4) is 0 Å². The minimum absolute atomic E-state index is 0.0920. The standard InChI is InChI=1S/C25H26F3N2O3/c1-2-33-21-11-4-3-9-19(21)24-18(8-5-10-20(24)25(26,27)28)13-14-22(31)29-15-7-17-30-16-6-12-23(30)32/h3-5,8-9,11,13-14H,2,6-7,12,15-17H2,1H3,(H,29,31)/b14-13+. The topological polar surface area (TPSA) is 58.6 Å². The average molecular weight is 459 g/mol. The van der Waals surface area contributed by atoms with Gasteiger partial charge in [0.2, 0.25) is 11.8 Å². The van der Waals surface area contributed by atoms with E-state index in [2.05, 4.69) is 11.4 Å². The molecule has 175 valence electrons. The summed E-state index contributed by atoms with van der Waals surface area (Å²) in [5.74, 6) is 0.0243. The first-order valence-electron chi connectivity index (χ1n) is 10.9. The molecule has 8 heteroatoms. The molecule has 1 heterocycles. The predicted molar refractivity (Wildman–Crippen MR) is 119 cm³/mol. The lowest BCUT2D eigenvalue weighted by Crippen LogP contribution is -2.29. The van der Waals surface area contributed by atoms with Crippen molar-refractivity contribution >= 4 is 17.9 Å². The van der Waals surface area contributed by atoms with Crippen molar-refractivity contribution in [2.24, 2.45) is 0 Å². The molecule has 0 aliphatic carbocycles. The number of nitrogens with zero attached hydrogens (tertiary/aromatic N) is 1. The van der Waals surface area contributed by atoms with Gasteiger partial charge >= 0.3 is 6.18 Å².